The molecule has 2 aliphatic heterocycles. The number of nitrogens with one attached hydrogen (secondary N) is 4. The number of aromatic nitrogens is 2. The van der Waals surface area contributed by atoms with Crippen molar-refractivity contribution in [3.05, 3.63) is 173 Å². The van der Waals surface area contributed by atoms with Crippen LogP contribution in [0.4, 0.5) is 17.1 Å². The summed E-state index contributed by atoms with van der Waals surface area (Å²) >= 11 is 0. The van der Waals surface area contributed by atoms with Gasteiger partial charge in [-0.2, -0.15) is 0 Å². The van der Waals surface area contributed by atoms with Crippen LogP contribution in [0.1, 0.15) is 46.7 Å². The fraction of sp³-hybridized carbons (Fsp3) is 0.216. The van der Waals surface area contributed by atoms with Crippen molar-refractivity contribution in [2.45, 2.75) is 57.3 Å². The van der Waals surface area contributed by atoms with Gasteiger partial charge in [-0.1, -0.05) is 91.9 Å². The van der Waals surface area contributed by atoms with Crippen molar-refractivity contribution in [1.82, 2.24) is 14.9 Å². The van der Waals surface area contributed by atoms with E-state index in [1.165, 1.54) is 4.90 Å². The van der Waals surface area contributed by atoms with Crippen LogP contribution < -0.4 is 15.5 Å². The summed E-state index contributed by atoms with van der Waals surface area (Å²) in [6, 6.07) is 35.5. The molecule has 0 saturated carbocycles. The van der Waals surface area contributed by atoms with E-state index in [-0.39, 0.29) is 56.2 Å². The molecule has 5 aromatic carbocycles. The lowest BCUT2D eigenvalue weighted by atomic mass is 9.82. The third kappa shape index (κ3) is 8.14. The van der Waals surface area contributed by atoms with Gasteiger partial charge in [0.05, 0.1) is 37.7 Å². The summed E-state index contributed by atoms with van der Waals surface area (Å²) in [4.78, 5) is 64.2. The highest BCUT2D eigenvalue weighted by Gasteiger charge is 2.52. The van der Waals surface area contributed by atoms with E-state index < -0.39 is 17.4 Å². The molecule has 2 aliphatic rings. The van der Waals surface area contributed by atoms with Gasteiger partial charge in [0.25, 0.3) is 5.91 Å². The van der Waals surface area contributed by atoms with Crippen LogP contribution in [0.25, 0.3) is 21.8 Å². The molecule has 0 saturated heterocycles. The van der Waals surface area contributed by atoms with Crippen LogP contribution in [0, 0.1) is 5.92 Å². The Balaban J connectivity index is 0.933. The largest absolute Gasteiger partial charge is 0.394 e. The standard InChI is InChI=1S/C51H48N6O6/c1-32(9-8-16-49(61)56-30-35-11-3-2-10-34(35)23-40(56)31-58)51(63)43-26-39(55-48(60)25-37-28-53-45-15-7-5-13-42(37)45)21-22-46(43)57(50(51)62)29-33-17-19-38(20-18-33)54-47(59)24-36-27-52-44-14-6-4-12-41(36)44/h2-15,17-22,26-28,32,40,52-53,58,63H,16,23-25,29-31H2,1H3,(H,54,59)(H,55,60)/b9-8+/t32-,40+,51+/m1/s1. The van der Waals surface area contributed by atoms with Gasteiger partial charge in [-0.05, 0) is 76.7 Å². The maximum Gasteiger partial charge on any atom is 0.264 e. The Kier molecular flexibility index (Phi) is 11.2. The normalized spacial score (nSPS) is 17.6. The Morgan fingerprint density at radius 2 is 1.38 bits per heavy atom. The van der Waals surface area contributed by atoms with E-state index in [0.717, 1.165) is 49.6 Å². The molecule has 318 valence electrons. The maximum atomic E-state index is 14.6. The number of aliphatic hydroxyl groups excluding tert-OH is 1. The second kappa shape index (κ2) is 17.2. The summed E-state index contributed by atoms with van der Waals surface area (Å²) in [5.41, 5.74) is 6.36. The fourth-order valence-electron chi connectivity index (χ4n) is 9.04. The minimum absolute atomic E-state index is 0.0124. The molecule has 63 heavy (non-hydrogen) atoms. The lowest BCUT2D eigenvalue weighted by Gasteiger charge is -2.36. The number of hydrogen-bond donors (Lipinski definition) is 6. The van der Waals surface area contributed by atoms with Gasteiger partial charge in [0, 0.05) is 70.0 Å². The zero-order chi connectivity index (χ0) is 43.7. The highest BCUT2D eigenvalue weighted by Crippen LogP contribution is 2.47. The van der Waals surface area contributed by atoms with E-state index in [4.69, 9.17) is 0 Å². The first kappa shape index (κ1) is 41.1. The highest BCUT2D eigenvalue weighted by molar-refractivity contribution is 6.08. The first-order valence-corrected chi connectivity index (χ1v) is 21.2. The topological polar surface area (TPSA) is 171 Å². The average molecular weight is 841 g/mol. The number of hydrogen-bond acceptors (Lipinski definition) is 6. The average Bonchev–Trinajstić information content (AvgIpc) is 3.96. The quantitative estimate of drug-likeness (QED) is 0.0667. The van der Waals surface area contributed by atoms with E-state index in [1.807, 2.05) is 97.3 Å². The Bertz CT molecular complexity index is 2900. The van der Waals surface area contributed by atoms with E-state index in [0.29, 0.717) is 35.6 Å². The first-order chi connectivity index (χ1) is 30.6. The van der Waals surface area contributed by atoms with Gasteiger partial charge in [0.1, 0.15) is 0 Å². The number of aromatic amines is 2. The minimum Gasteiger partial charge on any atom is -0.394 e. The van der Waals surface area contributed by atoms with Gasteiger partial charge in [0.15, 0.2) is 5.60 Å². The molecule has 2 aromatic heterocycles. The van der Waals surface area contributed by atoms with E-state index in [1.54, 1.807) is 54.3 Å². The van der Waals surface area contributed by atoms with Crippen LogP contribution in [-0.4, -0.2) is 61.4 Å². The second-order valence-corrected chi connectivity index (χ2v) is 16.5. The number of aliphatic hydroxyl groups is 2. The molecule has 6 N–H and O–H groups in total. The predicted octanol–water partition coefficient (Wildman–Crippen LogP) is 7.27. The number of amides is 4. The van der Waals surface area contributed by atoms with E-state index >= 15 is 0 Å². The monoisotopic (exact) mass is 840 g/mol. The number of anilines is 3. The molecule has 0 aliphatic carbocycles. The third-order valence-corrected chi connectivity index (χ3v) is 12.4. The van der Waals surface area contributed by atoms with Crippen LogP contribution in [-0.2, 0) is 57.1 Å². The van der Waals surface area contributed by atoms with Crippen LogP contribution in [0.5, 0.6) is 0 Å². The van der Waals surface area contributed by atoms with Crippen molar-refractivity contribution in [1.29, 1.82) is 0 Å². The number of fused-ring (bicyclic) bond motifs is 4. The van der Waals surface area contributed by atoms with Crippen LogP contribution in [0.15, 0.2) is 140 Å². The zero-order valence-corrected chi connectivity index (χ0v) is 34.8. The molecule has 0 fully saturated rings. The summed E-state index contributed by atoms with van der Waals surface area (Å²) in [5, 5.41) is 30.6. The molecule has 4 amide bonds. The number of H-pyrrole nitrogens is 2. The van der Waals surface area contributed by atoms with Gasteiger partial charge in [-0.25, -0.2) is 0 Å². The van der Waals surface area contributed by atoms with Gasteiger partial charge in [-0.3, -0.25) is 19.2 Å². The molecular formula is C51H48N6O6. The van der Waals surface area contributed by atoms with Crippen LogP contribution >= 0.6 is 0 Å². The highest BCUT2D eigenvalue weighted by atomic mass is 16.3. The third-order valence-electron chi connectivity index (χ3n) is 12.4. The van der Waals surface area contributed by atoms with Crippen molar-refractivity contribution >= 4 is 62.5 Å². The molecule has 0 radical (unpaired) electrons. The van der Waals surface area contributed by atoms with Gasteiger partial charge >= 0.3 is 0 Å². The molecule has 3 atom stereocenters. The lowest BCUT2D eigenvalue weighted by molar-refractivity contribution is -0.139. The van der Waals surface area contributed by atoms with Gasteiger partial charge in [-0.15, -0.1) is 0 Å². The van der Waals surface area contributed by atoms with Gasteiger partial charge in [0.2, 0.25) is 17.7 Å². The predicted molar refractivity (Wildman–Crippen MR) is 244 cm³/mol. The molecule has 0 spiro atoms. The van der Waals surface area contributed by atoms with Crippen molar-refractivity contribution in [3.8, 4) is 0 Å². The summed E-state index contributed by atoms with van der Waals surface area (Å²) in [6.07, 6.45) is 7.91. The molecule has 9 rings (SSSR count). The number of rotatable bonds is 13. The Morgan fingerprint density at radius 1 is 0.794 bits per heavy atom. The second-order valence-electron chi connectivity index (χ2n) is 16.5. The molecular weight excluding hydrogens is 793 g/mol. The number of para-hydroxylation sites is 2. The Morgan fingerprint density at radius 3 is 2.03 bits per heavy atom. The van der Waals surface area contributed by atoms with Gasteiger partial charge < -0.3 is 40.6 Å². The lowest BCUT2D eigenvalue weighted by Crippen LogP contribution is -2.46. The maximum absolute atomic E-state index is 14.6. The van der Waals surface area contributed by atoms with Crippen molar-refractivity contribution < 1.29 is 29.4 Å². The SMILES string of the molecule is C[C@H](/C=C/CC(=O)N1Cc2ccccc2C[C@H]1CO)[C@@]1(O)C(=O)N(Cc2ccc(NC(=O)Cc3c[nH]c4ccccc34)cc2)c2ccc(NC(=O)Cc3c[nH]c4ccccc34)cc21. The summed E-state index contributed by atoms with van der Waals surface area (Å²) in [6.45, 7) is 2.08. The smallest absolute Gasteiger partial charge is 0.264 e. The summed E-state index contributed by atoms with van der Waals surface area (Å²) in [5.74, 6) is -1.93. The van der Waals surface area contributed by atoms with Crippen molar-refractivity contribution in [2.24, 2.45) is 5.92 Å². The molecule has 7 aromatic rings. The zero-order valence-electron chi connectivity index (χ0n) is 34.8. The molecule has 4 heterocycles. The molecule has 12 nitrogen and oxygen atoms in total. The number of nitrogens with zero attached hydrogens (tertiary/aromatic N) is 2. The number of carbonyl (C=O) groups excluding carboxylic acids is 4. The number of carbonyl (C=O) groups is 4. The Labute approximate surface area is 364 Å². The van der Waals surface area contributed by atoms with Crippen LogP contribution in [0.2, 0.25) is 0 Å². The molecule has 0 bridgehead atoms. The van der Waals surface area contributed by atoms with E-state index in [9.17, 15) is 29.4 Å². The van der Waals surface area contributed by atoms with Crippen molar-refractivity contribution in [2.75, 3.05) is 22.1 Å². The molecule has 12 heteroatoms. The summed E-state index contributed by atoms with van der Waals surface area (Å²) in [7, 11) is 0. The summed E-state index contributed by atoms with van der Waals surface area (Å²) < 4.78 is 0. The molecule has 0 unspecified atom stereocenters. The van der Waals surface area contributed by atoms with E-state index in [2.05, 4.69) is 20.6 Å². The Hall–Kier alpha value is -7.28. The minimum atomic E-state index is -2.04. The fourth-order valence-corrected chi connectivity index (χ4v) is 9.04. The first-order valence-electron chi connectivity index (χ1n) is 21.2. The van der Waals surface area contributed by atoms with Crippen molar-refractivity contribution in [3.63, 3.8) is 0 Å². The number of benzene rings is 5. The van der Waals surface area contributed by atoms with Crippen LogP contribution in [0.3, 0.4) is 0 Å².